The largest absolute Gasteiger partial charge is 0.475 e. The molecule has 0 aliphatic heterocycles. The minimum Gasteiger partial charge on any atom is -0.475 e. The second-order valence-electron chi connectivity index (χ2n) is 4.87. The Morgan fingerprint density at radius 3 is 2.70 bits per heavy atom. The molecule has 6 heteroatoms. The molecular weight excluding hydrogens is 269 g/mol. The number of benzene rings is 1. The van der Waals surface area contributed by atoms with Gasteiger partial charge in [0.25, 0.3) is 0 Å². The van der Waals surface area contributed by atoms with Gasteiger partial charge in [-0.05, 0) is 37.5 Å². The third-order valence-corrected chi connectivity index (χ3v) is 3.01. The van der Waals surface area contributed by atoms with Crippen LogP contribution in [0.2, 0.25) is 0 Å². The van der Waals surface area contributed by atoms with E-state index in [1.165, 1.54) is 13.0 Å². The van der Waals surface area contributed by atoms with E-state index in [1.807, 2.05) is 0 Å². The molecule has 1 atom stereocenters. The minimum absolute atomic E-state index is 0.304. The maximum Gasteiger partial charge on any atom is 0.419 e. The summed E-state index contributed by atoms with van der Waals surface area (Å²) in [5, 5.41) is 11.8. The van der Waals surface area contributed by atoms with Crippen molar-refractivity contribution < 1.29 is 17.9 Å². The van der Waals surface area contributed by atoms with E-state index in [2.05, 4.69) is 5.32 Å². The van der Waals surface area contributed by atoms with Crippen LogP contribution in [-0.2, 0) is 12.7 Å². The molecule has 1 aromatic carbocycles. The molecule has 0 heterocycles. The summed E-state index contributed by atoms with van der Waals surface area (Å²) in [5.41, 5.74) is -0.282. The summed E-state index contributed by atoms with van der Waals surface area (Å²) in [7, 11) is 0. The second-order valence-corrected chi connectivity index (χ2v) is 4.87. The fourth-order valence-electron chi connectivity index (χ4n) is 1.78. The standard InChI is InChI=1S/C14H15F3N2O/c1-9(7-18)20-13-5-2-10(8-19-11-3-4-11)6-12(13)14(15,16)17/h2,5-6,9,11,19H,3-4,8H2,1H3. The summed E-state index contributed by atoms with van der Waals surface area (Å²) >= 11 is 0. The SMILES string of the molecule is CC(C#N)Oc1ccc(CNC2CC2)cc1C(F)(F)F. The van der Waals surface area contributed by atoms with Crippen LogP contribution in [0.25, 0.3) is 0 Å². The average Bonchev–Trinajstić information content (AvgIpc) is 3.20. The first-order valence-corrected chi connectivity index (χ1v) is 6.40. The van der Waals surface area contributed by atoms with Gasteiger partial charge in [-0.15, -0.1) is 0 Å². The number of rotatable bonds is 5. The molecule has 1 N–H and O–H groups in total. The number of hydrogen-bond acceptors (Lipinski definition) is 3. The lowest BCUT2D eigenvalue weighted by atomic mass is 10.1. The average molecular weight is 284 g/mol. The summed E-state index contributed by atoms with van der Waals surface area (Å²) < 4.78 is 44.0. The third-order valence-electron chi connectivity index (χ3n) is 3.01. The van der Waals surface area contributed by atoms with Crippen molar-refractivity contribution in [3.05, 3.63) is 29.3 Å². The van der Waals surface area contributed by atoms with Crippen LogP contribution in [0.1, 0.15) is 30.9 Å². The summed E-state index contributed by atoms with van der Waals surface area (Å²) in [6, 6.07) is 6.13. The van der Waals surface area contributed by atoms with E-state index in [1.54, 1.807) is 12.1 Å². The Balaban J connectivity index is 2.20. The van der Waals surface area contributed by atoms with Gasteiger partial charge in [-0.3, -0.25) is 0 Å². The maximum absolute atomic E-state index is 13.0. The van der Waals surface area contributed by atoms with Crippen LogP contribution in [0.5, 0.6) is 5.75 Å². The zero-order chi connectivity index (χ0) is 14.8. The van der Waals surface area contributed by atoms with Crippen molar-refractivity contribution in [2.75, 3.05) is 0 Å². The number of ether oxygens (including phenoxy) is 1. The molecule has 1 aromatic rings. The van der Waals surface area contributed by atoms with Crippen LogP contribution in [0, 0.1) is 11.3 Å². The summed E-state index contributed by atoms with van der Waals surface area (Å²) in [4.78, 5) is 0. The highest BCUT2D eigenvalue weighted by Crippen LogP contribution is 2.37. The molecule has 2 rings (SSSR count). The second kappa shape index (κ2) is 5.71. The lowest BCUT2D eigenvalue weighted by Crippen LogP contribution is -2.17. The van der Waals surface area contributed by atoms with Gasteiger partial charge >= 0.3 is 6.18 Å². The van der Waals surface area contributed by atoms with Gasteiger partial charge in [0.05, 0.1) is 5.56 Å². The summed E-state index contributed by atoms with van der Waals surface area (Å²) in [5.74, 6) is -0.304. The molecule has 0 aromatic heterocycles. The molecule has 0 saturated heterocycles. The van der Waals surface area contributed by atoms with E-state index in [0.29, 0.717) is 18.2 Å². The molecule has 0 spiro atoms. The van der Waals surface area contributed by atoms with Crippen LogP contribution in [0.3, 0.4) is 0 Å². The highest BCUT2D eigenvalue weighted by molar-refractivity contribution is 5.39. The highest BCUT2D eigenvalue weighted by Gasteiger charge is 2.35. The molecule has 108 valence electrons. The number of nitriles is 1. The molecule has 0 amide bonds. The Morgan fingerprint density at radius 2 is 2.15 bits per heavy atom. The van der Waals surface area contributed by atoms with Crippen molar-refractivity contribution >= 4 is 0 Å². The van der Waals surface area contributed by atoms with Gasteiger partial charge in [0.2, 0.25) is 0 Å². The van der Waals surface area contributed by atoms with Gasteiger partial charge in [0.1, 0.15) is 11.8 Å². The van der Waals surface area contributed by atoms with Crippen molar-refractivity contribution in [1.29, 1.82) is 5.26 Å². The molecule has 0 bridgehead atoms. The Morgan fingerprint density at radius 1 is 1.45 bits per heavy atom. The first-order valence-electron chi connectivity index (χ1n) is 6.40. The number of nitrogens with zero attached hydrogens (tertiary/aromatic N) is 1. The first-order chi connectivity index (χ1) is 9.40. The van der Waals surface area contributed by atoms with Gasteiger partial charge in [0, 0.05) is 12.6 Å². The number of nitrogens with one attached hydrogen (secondary N) is 1. The van der Waals surface area contributed by atoms with Crippen molar-refractivity contribution in [2.45, 2.75) is 44.6 Å². The van der Waals surface area contributed by atoms with Crippen molar-refractivity contribution in [3.8, 4) is 11.8 Å². The summed E-state index contributed by atoms with van der Waals surface area (Å²) in [6.07, 6.45) is -3.27. The van der Waals surface area contributed by atoms with E-state index in [4.69, 9.17) is 10.00 Å². The van der Waals surface area contributed by atoms with Gasteiger partial charge < -0.3 is 10.1 Å². The van der Waals surface area contributed by atoms with Crippen LogP contribution in [0.4, 0.5) is 13.2 Å². The van der Waals surface area contributed by atoms with E-state index in [0.717, 1.165) is 18.9 Å². The lowest BCUT2D eigenvalue weighted by Gasteiger charge is -2.16. The Bertz CT molecular complexity index is 518. The number of alkyl halides is 3. The van der Waals surface area contributed by atoms with E-state index in [9.17, 15) is 13.2 Å². The van der Waals surface area contributed by atoms with E-state index < -0.39 is 17.8 Å². The zero-order valence-corrected chi connectivity index (χ0v) is 11.0. The quantitative estimate of drug-likeness (QED) is 0.902. The van der Waals surface area contributed by atoms with Crippen molar-refractivity contribution in [1.82, 2.24) is 5.32 Å². The maximum atomic E-state index is 13.0. The smallest absolute Gasteiger partial charge is 0.419 e. The van der Waals surface area contributed by atoms with Crippen LogP contribution in [0.15, 0.2) is 18.2 Å². The molecule has 1 unspecified atom stereocenters. The van der Waals surface area contributed by atoms with Crippen LogP contribution < -0.4 is 10.1 Å². The molecule has 1 saturated carbocycles. The van der Waals surface area contributed by atoms with Gasteiger partial charge in [-0.25, -0.2) is 0 Å². The van der Waals surface area contributed by atoms with Gasteiger partial charge in [-0.2, -0.15) is 18.4 Å². The Hall–Kier alpha value is -1.74. The molecule has 1 aliphatic carbocycles. The van der Waals surface area contributed by atoms with Crippen LogP contribution >= 0.6 is 0 Å². The highest BCUT2D eigenvalue weighted by atomic mass is 19.4. The van der Waals surface area contributed by atoms with E-state index in [-0.39, 0.29) is 5.75 Å². The predicted octanol–water partition coefficient (Wildman–Crippen LogP) is 3.25. The normalized spacial score (nSPS) is 16.6. The number of hydrogen-bond donors (Lipinski definition) is 1. The van der Waals surface area contributed by atoms with Gasteiger partial charge in [0.15, 0.2) is 6.10 Å². The molecule has 1 fully saturated rings. The predicted molar refractivity (Wildman–Crippen MR) is 67.0 cm³/mol. The molecular formula is C14H15F3N2O. The molecule has 3 nitrogen and oxygen atoms in total. The molecule has 1 aliphatic rings. The molecule has 0 radical (unpaired) electrons. The van der Waals surface area contributed by atoms with Crippen molar-refractivity contribution in [2.24, 2.45) is 0 Å². The monoisotopic (exact) mass is 284 g/mol. The first kappa shape index (κ1) is 14.7. The minimum atomic E-state index is -4.50. The van der Waals surface area contributed by atoms with Gasteiger partial charge in [-0.1, -0.05) is 6.07 Å². The Labute approximate surface area is 115 Å². The van der Waals surface area contributed by atoms with E-state index >= 15 is 0 Å². The molecule has 20 heavy (non-hydrogen) atoms. The zero-order valence-electron chi connectivity index (χ0n) is 11.0. The fourth-order valence-corrected chi connectivity index (χ4v) is 1.78. The lowest BCUT2D eigenvalue weighted by molar-refractivity contribution is -0.139. The Kier molecular flexibility index (Phi) is 4.19. The third kappa shape index (κ3) is 3.87. The van der Waals surface area contributed by atoms with Crippen LogP contribution in [-0.4, -0.2) is 12.1 Å². The number of halogens is 3. The fraction of sp³-hybridized carbons (Fsp3) is 0.500. The summed E-state index contributed by atoms with van der Waals surface area (Å²) in [6.45, 7) is 1.81. The van der Waals surface area contributed by atoms with Crippen molar-refractivity contribution in [3.63, 3.8) is 0 Å². The topological polar surface area (TPSA) is 45.0 Å².